The highest BCUT2D eigenvalue weighted by atomic mass is 16.5. The molecule has 0 bridgehead atoms. The van der Waals surface area contributed by atoms with E-state index in [1.165, 1.54) is 0 Å². The minimum atomic E-state index is 0.168. The van der Waals surface area contributed by atoms with Gasteiger partial charge in [-0.05, 0) is 12.5 Å². The van der Waals surface area contributed by atoms with Crippen LogP contribution in [0.4, 0.5) is 5.69 Å². The molecule has 0 spiro atoms. The molecule has 0 aliphatic carbocycles. The molecule has 0 atom stereocenters. The van der Waals surface area contributed by atoms with E-state index in [-0.39, 0.29) is 5.91 Å². The minimum absolute atomic E-state index is 0.168. The van der Waals surface area contributed by atoms with Gasteiger partial charge in [0.25, 0.3) is 0 Å². The van der Waals surface area contributed by atoms with Crippen LogP contribution in [0.1, 0.15) is 18.4 Å². The van der Waals surface area contributed by atoms with E-state index in [9.17, 15) is 4.79 Å². The molecule has 18 heavy (non-hydrogen) atoms. The third kappa shape index (κ3) is 4.75. The zero-order valence-electron chi connectivity index (χ0n) is 11.4. The SMILES string of the molecule is COCc1ccccc1NCCCC(=O)N(C)C. The molecule has 4 heteroatoms. The van der Waals surface area contributed by atoms with Gasteiger partial charge < -0.3 is 15.0 Å². The van der Waals surface area contributed by atoms with E-state index in [0.717, 1.165) is 24.2 Å². The van der Waals surface area contributed by atoms with Gasteiger partial charge in [0.2, 0.25) is 5.91 Å². The number of nitrogens with one attached hydrogen (secondary N) is 1. The Kier molecular flexibility index (Phi) is 6.22. The molecule has 1 amide bonds. The van der Waals surface area contributed by atoms with E-state index in [1.807, 2.05) is 24.3 Å². The maximum atomic E-state index is 11.4. The van der Waals surface area contributed by atoms with Crippen LogP contribution in [0.5, 0.6) is 0 Å². The van der Waals surface area contributed by atoms with Gasteiger partial charge in [0.15, 0.2) is 0 Å². The summed E-state index contributed by atoms with van der Waals surface area (Å²) in [5.41, 5.74) is 2.22. The summed E-state index contributed by atoms with van der Waals surface area (Å²) in [5, 5.41) is 3.34. The molecule has 1 N–H and O–H groups in total. The number of rotatable bonds is 7. The molecule has 0 radical (unpaired) electrons. The van der Waals surface area contributed by atoms with Crippen LogP contribution in [0.3, 0.4) is 0 Å². The molecular weight excluding hydrogens is 228 g/mol. The first-order valence-corrected chi connectivity index (χ1v) is 6.16. The Labute approximate surface area is 109 Å². The van der Waals surface area contributed by atoms with Crippen molar-refractivity contribution in [2.45, 2.75) is 19.4 Å². The Morgan fingerprint density at radius 2 is 2.06 bits per heavy atom. The number of carbonyl (C=O) groups is 1. The smallest absolute Gasteiger partial charge is 0.222 e. The first-order chi connectivity index (χ1) is 8.65. The van der Waals surface area contributed by atoms with Crippen molar-refractivity contribution < 1.29 is 9.53 Å². The number of hydrogen-bond acceptors (Lipinski definition) is 3. The quantitative estimate of drug-likeness (QED) is 0.754. The number of amides is 1. The van der Waals surface area contributed by atoms with Crippen molar-refractivity contribution in [2.24, 2.45) is 0 Å². The minimum Gasteiger partial charge on any atom is -0.385 e. The van der Waals surface area contributed by atoms with E-state index < -0.39 is 0 Å². The van der Waals surface area contributed by atoms with Crippen LogP contribution >= 0.6 is 0 Å². The van der Waals surface area contributed by atoms with Crippen molar-refractivity contribution in [3.63, 3.8) is 0 Å². The van der Waals surface area contributed by atoms with Crippen molar-refractivity contribution in [3.8, 4) is 0 Å². The summed E-state index contributed by atoms with van der Waals surface area (Å²) in [6.45, 7) is 1.39. The van der Waals surface area contributed by atoms with Gasteiger partial charge >= 0.3 is 0 Å². The third-order valence-corrected chi connectivity index (χ3v) is 2.70. The third-order valence-electron chi connectivity index (χ3n) is 2.70. The molecule has 1 aromatic carbocycles. The highest BCUT2D eigenvalue weighted by Gasteiger charge is 2.04. The molecule has 0 fully saturated rings. The number of nitrogens with zero attached hydrogens (tertiary/aromatic N) is 1. The molecule has 0 aromatic heterocycles. The Morgan fingerprint density at radius 1 is 1.33 bits per heavy atom. The van der Waals surface area contributed by atoms with E-state index in [1.54, 1.807) is 26.1 Å². The van der Waals surface area contributed by atoms with Crippen LogP contribution in [0.25, 0.3) is 0 Å². The Bertz CT molecular complexity index is 378. The van der Waals surface area contributed by atoms with Crippen LogP contribution in [0.15, 0.2) is 24.3 Å². The van der Waals surface area contributed by atoms with Gasteiger partial charge in [-0.25, -0.2) is 0 Å². The van der Waals surface area contributed by atoms with Crippen LogP contribution < -0.4 is 5.32 Å². The molecule has 4 nitrogen and oxygen atoms in total. The van der Waals surface area contributed by atoms with Gasteiger partial charge in [0.05, 0.1) is 6.61 Å². The van der Waals surface area contributed by atoms with Gasteiger partial charge in [0.1, 0.15) is 0 Å². The average Bonchev–Trinajstić information content (AvgIpc) is 2.36. The summed E-state index contributed by atoms with van der Waals surface area (Å²) < 4.78 is 5.14. The fourth-order valence-electron chi connectivity index (χ4n) is 1.66. The van der Waals surface area contributed by atoms with Crippen molar-refractivity contribution >= 4 is 11.6 Å². The standard InChI is InChI=1S/C14H22N2O2/c1-16(2)14(17)9-6-10-15-13-8-5-4-7-12(13)11-18-3/h4-5,7-8,15H,6,9-11H2,1-3H3. The zero-order chi connectivity index (χ0) is 13.4. The van der Waals surface area contributed by atoms with Crippen molar-refractivity contribution in [1.82, 2.24) is 4.90 Å². The number of hydrogen-bond donors (Lipinski definition) is 1. The lowest BCUT2D eigenvalue weighted by molar-refractivity contribution is -0.128. The second kappa shape index (κ2) is 7.71. The van der Waals surface area contributed by atoms with E-state index >= 15 is 0 Å². The number of benzene rings is 1. The Hall–Kier alpha value is -1.55. The lowest BCUT2D eigenvalue weighted by Crippen LogP contribution is -2.22. The molecule has 0 aliphatic heterocycles. The lowest BCUT2D eigenvalue weighted by Gasteiger charge is -2.12. The molecule has 0 saturated carbocycles. The summed E-state index contributed by atoms with van der Waals surface area (Å²) in [6.07, 6.45) is 1.41. The van der Waals surface area contributed by atoms with Gasteiger partial charge in [-0.2, -0.15) is 0 Å². The van der Waals surface area contributed by atoms with Crippen LogP contribution in [-0.4, -0.2) is 38.6 Å². The second-order valence-electron chi connectivity index (χ2n) is 4.41. The fourth-order valence-corrected chi connectivity index (χ4v) is 1.66. The highest BCUT2D eigenvalue weighted by molar-refractivity contribution is 5.75. The van der Waals surface area contributed by atoms with Crippen molar-refractivity contribution in [3.05, 3.63) is 29.8 Å². The molecular formula is C14H22N2O2. The van der Waals surface area contributed by atoms with Crippen molar-refractivity contribution in [2.75, 3.05) is 33.1 Å². The number of ether oxygens (including phenoxy) is 1. The maximum Gasteiger partial charge on any atom is 0.222 e. The van der Waals surface area contributed by atoms with E-state index in [0.29, 0.717) is 13.0 Å². The Balaban J connectivity index is 2.37. The summed E-state index contributed by atoms with van der Waals surface area (Å²) >= 11 is 0. The van der Waals surface area contributed by atoms with E-state index in [2.05, 4.69) is 5.32 Å². The Morgan fingerprint density at radius 3 is 2.72 bits per heavy atom. The normalized spacial score (nSPS) is 10.2. The number of methoxy groups -OCH3 is 1. The average molecular weight is 250 g/mol. The summed E-state index contributed by atoms with van der Waals surface area (Å²) in [6, 6.07) is 8.06. The summed E-state index contributed by atoms with van der Waals surface area (Å²) in [5.74, 6) is 0.168. The fraction of sp³-hybridized carbons (Fsp3) is 0.500. The van der Waals surface area contributed by atoms with Gasteiger partial charge in [-0.15, -0.1) is 0 Å². The lowest BCUT2D eigenvalue weighted by atomic mass is 10.2. The van der Waals surface area contributed by atoms with Gasteiger partial charge in [0, 0.05) is 45.4 Å². The number of anilines is 1. The van der Waals surface area contributed by atoms with E-state index in [4.69, 9.17) is 4.74 Å². The first kappa shape index (κ1) is 14.5. The second-order valence-corrected chi connectivity index (χ2v) is 4.41. The number of para-hydroxylation sites is 1. The molecule has 0 heterocycles. The summed E-state index contributed by atoms with van der Waals surface area (Å²) in [4.78, 5) is 13.0. The zero-order valence-corrected chi connectivity index (χ0v) is 11.4. The monoisotopic (exact) mass is 250 g/mol. The first-order valence-electron chi connectivity index (χ1n) is 6.16. The predicted molar refractivity (Wildman–Crippen MR) is 73.6 cm³/mol. The highest BCUT2D eigenvalue weighted by Crippen LogP contribution is 2.15. The molecule has 1 aromatic rings. The largest absolute Gasteiger partial charge is 0.385 e. The summed E-state index contributed by atoms with van der Waals surface area (Å²) in [7, 11) is 5.25. The van der Waals surface area contributed by atoms with Crippen LogP contribution in [0, 0.1) is 0 Å². The van der Waals surface area contributed by atoms with Crippen LogP contribution in [-0.2, 0) is 16.1 Å². The molecule has 0 saturated heterocycles. The van der Waals surface area contributed by atoms with Crippen LogP contribution in [0.2, 0.25) is 0 Å². The van der Waals surface area contributed by atoms with Crippen molar-refractivity contribution in [1.29, 1.82) is 0 Å². The molecule has 1 rings (SSSR count). The molecule has 0 unspecified atom stereocenters. The van der Waals surface area contributed by atoms with Gasteiger partial charge in [-0.1, -0.05) is 18.2 Å². The molecule has 0 aliphatic rings. The maximum absolute atomic E-state index is 11.4. The van der Waals surface area contributed by atoms with Gasteiger partial charge in [-0.3, -0.25) is 4.79 Å². The molecule has 100 valence electrons. The topological polar surface area (TPSA) is 41.6 Å². The number of carbonyl (C=O) groups excluding carboxylic acids is 1. The predicted octanol–water partition coefficient (Wildman–Crippen LogP) is 2.11.